The van der Waals surface area contributed by atoms with Gasteiger partial charge in [0, 0.05) is 6.42 Å². The van der Waals surface area contributed by atoms with Gasteiger partial charge in [0.05, 0.1) is 38.6 Å². The van der Waals surface area contributed by atoms with Crippen molar-refractivity contribution in [3.63, 3.8) is 0 Å². The minimum absolute atomic E-state index is 0.227. The number of unbranched alkanes of at least 4 members (excludes halogenated alkanes) is 31. The fourth-order valence-electron chi connectivity index (χ4n) is 12.5. The minimum Gasteiger partial charge on any atom is -0.394 e. The van der Waals surface area contributed by atoms with Crippen molar-refractivity contribution in [1.82, 2.24) is 5.32 Å². The van der Waals surface area contributed by atoms with Crippen molar-refractivity contribution in [2.75, 3.05) is 26.4 Å². The lowest BCUT2D eigenvalue weighted by molar-refractivity contribution is -0.379. The average molecular weight is 1380 g/mol. The van der Waals surface area contributed by atoms with Crippen LogP contribution in [0.25, 0.3) is 0 Å². The van der Waals surface area contributed by atoms with E-state index in [2.05, 4.69) is 92.1 Å². The molecule has 97 heavy (non-hydrogen) atoms. The molecule has 0 aliphatic carbocycles. The van der Waals surface area contributed by atoms with Gasteiger partial charge in [0.2, 0.25) is 5.91 Å². The molecule has 0 aromatic rings. The summed E-state index contributed by atoms with van der Waals surface area (Å²) in [5.74, 6) is -0.290. The van der Waals surface area contributed by atoms with Crippen LogP contribution in [0.4, 0.5) is 0 Å². The summed E-state index contributed by atoms with van der Waals surface area (Å²) in [6, 6.07) is -0.998. The molecule has 0 spiro atoms. The van der Waals surface area contributed by atoms with Gasteiger partial charge in [-0.15, -0.1) is 0 Å². The second-order valence-electron chi connectivity index (χ2n) is 27.1. The van der Waals surface area contributed by atoms with Crippen LogP contribution in [0.1, 0.15) is 271 Å². The maximum Gasteiger partial charge on any atom is 0.220 e. The van der Waals surface area contributed by atoms with Crippen LogP contribution in [0.5, 0.6) is 0 Å². The van der Waals surface area contributed by atoms with Crippen LogP contribution in [-0.2, 0) is 33.2 Å². The van der Waals surface area contributed by atoms with Crippen molar-refractivity contribution in [2.24, 2.45) is 0 Å². The first-order valence-corrected chi connectivity index (χ1v) is 38.3. The van der Waals surface area contributed by atoms with E-state index in [1.165, 1.54) is 154 Å². The normalized spacial score (nSPS) is 27.4. The smallest absolute Gasteiger partial charge is 0.220 e. The molecule has 562 valence electrons. The van der Waals surface area contributed by atoms with Crippen molar-refractivity contribution in [3.05, 3.63) is 85.1 Å². The van der Waals surface area contributed by atoms with Crippen molar-refractivity contribution >= 4 is 5.91 Å². The number of hydrogen-bond acceptors (Lipinski definition) is 18. The van der Waals surface area contributed by atoms with Crippen LogP contribution in [0.2, 0.25) is 0 Å². The van der Waals surface area contributed by atoms with Crippen LogP contribution in [0.3, 0.4) is 0 Å². The molecule has 17 atom stereocenters. The van der Waals surface area contributed by atoms with Gasteiger partial charge in [-0.25, -0.2) is 0 Å². The number of hydrogen-bond donors (Lipinski definition) is 12. The third-order valence-corrected chi connectivity index (χ3v) is 18.7. The van der Waals surface area contributed by atoms with Gasteiger partial charge in [-0.05, 0) is 77.0 Å². The quantitative estimate of drug-likeness (QED) is 0.0199. The molecule has 3 rings (SSSR count). The van der Waals surface area contributed by atoms with Crippen LogP contribution < -0.4 is 5.32 Å². The van der Waals surface area contributed by atoms with Crippen molar-refractivity contribution in [2.45, 2.75) is 375 Å². The molecule has 1 amide bonds. The Morgan fingerprint density at radius 1 is 0.381 bits per heavy atom. The van der Waals surface area contributed by atoms with Crippen molar-refractivity contribution in [1.29, 1.82) is 0 Å². The summed E-state index contributed by atoms with van der Waals surface area (Å²) in [4.78, 5) is 13.5. The molecule has 19 nitrogen and oxygen atoms in total. The first-order chi connectivity index (χ1) is 47.3. The summed E-state index contributed by atoms with van der Waals surface area (Å²) in [7, 11) is 0. The Bertz CT molecular complexity index is 2080. The van der Waals surface area contributed by atoms with Gasteiger partial charge in [-0.3, -0.25) is 4.79 Å². The van der Waals surface area contributed by atoms with E-state index in [1.54, 1.807) is 6.08 Å². The van der Waals surface area contributed by atoms with E-state index in [-0.39, 0.29) is 18.9 Å². The van der Waals surface area contributed by atoms with Crippen LogP contribution in [0, 0.1) is 0 Å². The van der Waals surface area contributed by atoms with E-state index in [0.29, 0.717) is 12.8 Å². The van der Waals surface area contributed by atoms with Gasteiger partial charge >= 0.3 is 0 Å². The predicted molar refractivity (Wildman–Crippen MR) is 383 cm³/mol. The number of carbonyl (C=O) groups is 1. The Hall–Kier alpha value is -3.03. The summed E-state index contributed by atoms with van der Waals surface area (Å²) in [6.07, 6.45) is 49.9. The second-order valence-corrected chi connectivity index (χ2v) is 27.1. The summed E-state index contributed by atoms with van der Waals surface area (Å²) in [5.41, 5.74) is 0. The zero-order chi connectivity index (χ0) is 70.4. The van der Waals surface area contributed by atoms with E-state index in [4.69, 9.17) is 28.4 Å². The Morgan fingerprint density at radius 2 is 0.722 bits per heavy atom. The summed E-state index contributed by atoms with van der Waals surface area (Å²) in [5, 5.41) is 121. The lowest BCUT2D eigenvalue weighted by Crippen LogP contribution is -2.66. The monoisotopic (exact) mass is 1380 g/mol. The highest BCUT2D eigenvalue weighted by atomic mass is 16.8. The number of aliphatic hydroxyl groups excluding tert-OH is 11. The Balaban J connectivity index is 1.42. The van der Waals surface area contributed by atoms with E-state index in [0.717, 1.165) is 83.5 Å². The van der Waals surface area contributed by atoms with Crippen LogP contribution in [0.15, 0.2) is 85.1 Å². The largest absolute Gasteiger partial charge is 0.394 e. The second kappa shape index (κ2) is 58.5. The number of carbonyl (C=O) groups excluding carboxylic acids is 1. The van der Waals surface area contributed by atoms with Crippen molar-refractivity contribution in [3.8, 4) is 0 Å². The summed E-state index contributed by atoms with van der Waals surface area (Å²) < 4.78 is 34.4. The van der Waals surface area contributed by atoms with Gasteiger partial charge < -0.3 is 89.9 Å². The molecule has 12 N–H and O–H groups in total. The predicted octanol–water partition coefficient (Wildman–Crippen LogP) is 11.8. The number of amides is 1. The van der Waals surface area contributed by atoms with E-state index < -0.39 is 124 Å². The fraction of sp³-hybridized carbons (Fsp3) is 0.808. The number of allylic oxidation sites excluding steroid dienone is 13. The lowest BCUT2D eigenvalue weighted by Gasteiger charge is -2.48. The zero-order valence-electron chi connectivity index (χ0n) is 59.8. The molecule has 17 unspecified atom stereocenters. The molecule has 3 fully saturated rings. The average Bonchev–Trinajstić information content (AvgIpc) is 0.790. The number of nitrogens with one attached hydrogen (secondary N) is 1. The molecule has 3 aliphatic heterocycles. The highest BCUT2D eigenvalue weighted by Gasteiger charge is 2.53. The van der Waals surface area contributed by atoms with Crippen LogP contribution in [-0.4, -0.2) is 193 Å². The molecule has 3 heterocycles. The summed E-state index contributed by atoms with van der Waals surface area (Å²) >= 11 is 0. The minimum atomic E-state index is -1.99. The molecular weight excluding hydrogens is 1240 g/mol. The van der Waals surface area contributed by atoms with E-state index in [1.807, 2.05) is 6.08 Å². The fourth-order valence-corrected chi connectivity index (χ4v) is 12.5. The van der Waals surface area contributed by atoms with Gasteiger partial charge in [0.15, 0.2) is 18.9 Å². The first-order valence-electron chi connectivity index (χ1n) is 38.3. The molecule has 0 aromatic heterocycles. The molecule has 0 saturated carbocycles. The number of ether oxygens (including phenoxy) is 6. The SMILES string of the molecule is CC/C=C\C/C=C\C/C=C\C/C=C\C/C=C\CCCCCCCCCCCCCC(=O)NC(COC1OC(CO)C(OC2OC(CO)C(OC3OC(CO)C(O)C(O)C3O)C(O)C2O)C(O)C1O)C(O)/C=C/CC/C=C/CCCCCCCCCCCCCCCCCCCCC. The van der Waals surface area contributed by atoms with Crippen LogP contribution >= 0.6 is 0 Å². The zero-order valence-corrected chi connectivity index (χ0v) is 59.8. The molecule has 3 saturated heterocycles. The Morgan fingerprint density at radius 3 is 1.15 bits per heavy atom. The van der Waals surface area contributed by atoms with E-state index >= 15 is 0 Å². The summed E-state index contributed by atoms with van der Waals surface area (Å²) in [6.45, 7) is 1.62. The highest BCUT2D eigenvalue weighted by Crippen LogP contribution is 2.33. The molecule has 19 heteroatoms. The highest BCUT2D eigenvalue weighted by molar-refractivity contribution is 5.76. The molecule has 0 bridgehead atoms. The lowest BCUT2D eigenvalue weighted by atomic mass is 9.96. The Labute approximate surface area is 584 Å². The Kier molecular flexibility index (Phi) is 53.2. The van der Waals surface area contributed by atoms with Gasteiger partial charge in [0.1, 0.15) is 73.2 Å². The number of aliphatic hydroxyl groups is 11. The molecular formula is C78H137NO18. The first kappa shape index (κ1) is 88.2. The molecule has 0 aromatic carbocycles. The van der Waals surface area contributed by atoms with Gasteiger partial charge in [-0.1, -0.05) is 272 Å². The third-order valence-electron chi connectivity index (χ3n) is 18.7. The standard InChI is InChI=1S/C78H137NO18/c1-3-5-7-9-11-13-15-17-19-21-23-25-27-29-30-32-34-36-38-40-42-44-46-48-50-52-54-56-66(84)79-61(62(83)55-53-51-49-47-45-43-41-39-37-35-33-31-28-26-24-22-20-18-16-14-12-10-8-6-4-2)60-92-76-72(90)69(87)74(64(58-81)94-76)97-78-73(91)70(88)75(65(59-82)95-78)96-77-71(89)68(86)67(85)63(57-80)93-77/h5,7,11,13,17,19,23,25,29-30,45,47,53,55,61-65,67-78,80-83,85-91H,3-4,6,8-10,12,14-16,18,20-22,24,26-28,31-44,46,48-52,54,56-60H2,1-2H3,(H,79,84)/b7-5-,13-11-,19-17-,25-23-,30-29-,47-45+,55-53+. The van der Waals surface area contributed by atoms with Gasteiger partial charge in [-0.2, -0.15) is 0 Å². The van der Waals surface area contributed by atoms with Crippen molar-refractivity contribution < 1.29 is 89.4 Å². The molecule has 3 aliphatic rings. The third kappa shape index (κ3) is 39.3. The van der Waals surface area contributed by atoms with Gasteiger partial charge in [0.25, 0.3) is 0 Å². The maximum atomic E-state index is 13.5. The molecule has 0 radical (unpaired) electrons. The maximum absolute atomic E-state index is 13.5. The number of rotatable bonds is 59. The van der Waals surface area contributed by atoms with E-state index in [9.17, 15) is 61.0 Å². The topological polar surface area (TPSA) is 307 Å².